The van der Waals surface area contributed by atoms with E-state index in [2.05, 4.69) is 4.98 Å². The topological polar surface area (TPSA) is 60.9 Å². The van der Waals surface area contributed by atoms with E-state index < -0.39 is 6.04 Å². The van der Waals surface area contributed by atoms with Crippen molar-refractivity contribution in [1.82, 2.24) is 9.55 Å². The lowest BCUT2D eigenvalue weighted by Crippen LogP contribution is -2.26. The third kappa shape index (κ3) is 1.65. The molecule has 0 unspecified atom stereocenters. The van der Waals surface area contributed by atoms with Gasteiger partial charge >= 0.3 is 0 Å². The first-order valence-electron chi connectivity index (χ1n) is 3.39. The smallest absolute Gasteiger partial charge is 0.199 e. The van der Waals surface area contributed by atoms with Gasteiger partial charge in [0.1, 0.15) is 5.69 Å². The molecule has 0 amide bonds. The molecule has 4 heteroatoms. The number of nitrogens with two attached hydrogens (primary N) is 1. The second kappa shape index (κ2) is 2.84. The number of carbonyl (C=O) groups excluding carboxylic acids is 1. The van der Waals surface area contributed by atoms with Gasteiger partial charge < -0.3 is 10.3 Å². The van der Waals surface area contributed by atoms with Gasteiger partial charge in [-0.3, -0.25) is 4.79 Å². The minimum absolute atomic E-state index is 0.120. The summed E-state index contributed by atoms with van der Waals surface area (Å²) in [6.07, 6.45) is 3.24. The van der Waals surface area contributed by atoms with Crippen LogP contribution >= 0.6 is 0 Å². The van der Waals surface area contributed by atoms with Crippen molar-refractivity contribution >= 4 is 5.78 Å². The number of nitrogens with zero attached hydrogens (tertiary/aromatic N) is 2. The summed E-state index contributed by atoms with van der Waals surface area (Å²) >= 11 is 0. The maximum Gasteiger partial charge on any atom is 0.199 e. The summed E-state index contributed by atoms with van der Waals surface area (Å²) in [4.78, 5) is 15.0. The highest BCUT2D eigenvalue weighted by molar-refractivity contribution is 5.97. The molecule has 0 aliphatic rings. The highest BCUT2D eigenvalue weighted by Gasteiger charge is 2.12. The van der Waals surface area contributed by atoms with Crippen LogP contribution in [0.25, 0.3) is 0 Å². The lowest BCUT2D eigenvalue weighted by Gasteiger charge is -1.98. The summed E-state index contributed by atoms with van der Waals surface area (Å²) in [5.74, 6) is -0.120. The molecule has 4 nitrogen and oxygen atoms in total. The largest absolute Gasteiger partial charge is 0.340 e. The Labute approximate surface area is 65.0 Å². The molecule has 0 aromatic carbocycles. The third-order valence-corrected chi connectivity index (χ3v) is 1.37. The van der Waals surface area contributed by atoms with Crippen LogP contribution in [0.3, 0.4) is 0 Å². The van der Waals surface area contributed by atoms with Crippen LogP contribution in [0.1, 0.15) is 17.4 Å². The second-order valence-corrected chi connectivity index (χ2v) is 2.58. The van der Waals surface area contributed by atoms with E-state index in [4.69, 9.17) is 5.73 Å². The van der Waals surface area contributed by atoms with E-state index in [9.17, 15) is 4.79 Å². The zero-order chi connectivity index (χ0) is 8.43. The van der Waals surface area contributed by atoms with Gasteiger partial charge in [-0.2, -0.15) is 0 Å². The van der Waals surface area contributed by atoms with Crippen LogP contribution in [0.2, 0.25) is 0 Å². The number of rotatable bonds is 2. The summed E-state index contributed by atoms with van der Waals surface area (Å²) in [5.41, 5.74) is 5.81. The van der Waals surface area contributed by atoms with E-state index in [0.717, 1.165) is 0 Å². The van der Waals surface area contributed by atoms with Gasteiger partial charge in [-0.15, -0.1) is 0 Å². The number of imidazole rings is 1. The van der Waals surface area contributed by atoms with E-state index in [1.807, 2.05) is 7.05 Å². The van der Waals surface area contributed by atoms with E-state index >= 15 is 0 Å². The van der Waals surface area contributed by atoms with Crippen molar-refractivity contribution in [2.45, 2.75) is 13.0 Å². The molecule has 11 heavy (non-hydrogen) atoms. The van der Waals surface area contributed by atoms with Crippen LogP contribution in [0.5, 0.6) is 0 Å². The Balaban J connectivity index is 2.85. The van der Waals surface area contributed by atoms with Crippen molar-refractivity contribution < 1.29 is 4.79 Å². The predicted molar refractivity (Wildman–Crippen MR) is 41.2 cm³/mol. The number of aromatic nitrogens is 2. The molecule has 0 radical (unpaired) electrons. The average Bonchev–Trinajstić information content (AvgIpc) is 2.34. The zero-order valence-electron chi connectivity index (χ0n) is 6.61. The molecule has 0 spiro atoms. The van der Waals surface area contributed by atoms with Crippen molar-refractivity contribution in [2.75, 3.05) is 0 Å². The van der Waals surface area contributed by atoms with Crippen LogP contribution in [0, 0.1) is 0 Å². The Morgan fingerprint density at radius 3 is 2.82 bits per heavy atom. The van der Waals surface area contributed by atoms with Crippen LogP contribution < -0.4 is 5.73 Å². The van der Waals surface area contributed by atoms with E-state index in [1.165, 1.54) is 0 Å². The highest BCUT2D eigenvalue weighted by atomic mass is 16.1. The Morgan fingerprint density at radius 2 is 2.45 bits per heavy atom. The maximum atomic E-state index is 11.2. The molecule has 0 fully saturated rings. The van der Waals surface area contributed by atoms with Crippen LogP contribution in [0.4, 0.5) is 0 Å². The molecular weight excluding hydrogens is 142 g/mol. The van der Waals surface area contributed by atoms with E-state index in [0.29, 0.717) is 5.69 Å². The van der Waals surface area contributed by atoms with Crippen LogP contribution in [-0.2, 0) is 7.05 Å². The first-order chi connectivity index (χ1) is 5.11. The van der Waals surface area contributed by atoms with Gasteiger partial charge in [-0.05, 0) is 6.92 Å². The average molecular weight is 153 g/mol. The lowest BCUT2D eigenvalue weighted by molar-refractivity contribution is 0.0963. The van der Waals surface area contributed by atoms with Gasteiger partial charge in [0.05, 0.1) is 12.4 Å². The number of hydrogen-bond acceptors (Lipinski definition) is 3. The van der Waals surface area contributed by atoms with Gasteiger partial charge in [0.25, 0.3) is 0 Å². The van der Waals surface area contributed by atoms with Gasteiger partial charge in [-0.25, -0.2) is 4.98 Å². The molecule has 0 saturated carbocycles. The molecule has 1 atom stereocenters. The number of carbonyl (C=O) groups is 1. The fraction of sp³-hybridized carbons (Fsp3) is 0.429. The van der Waals surface area contributed by atoms with Gasteiger partial charge in [0.15, 0.2) is 5.78 Å². The summed E-state index contributed by atoms with van der Waals surface area (Å²) < 4.78 is 1.72. The molecule has 0 bridgehead atoms. The van der Waals surface area contributed by atoms with E-state index in [1.54, 1.807) is 24.0 Å². The lowest BCUT2D eigenvalue weighted by atomic mass is 10.2. The zero-order valence-corrected chi connectivity index (χ0v) is 6.61. The normalized spacial score (nSPS) is 13.0. The van der Waals surface area contributed by atoms with Crippen molar-refractivity contribution in [3.05, 3.63) is 18.2 Å². The van der Waals surface area contributed by atoms with Gasteiger partial charge in [-0.1, -0.05) is 0 Å². The van der Waals surface area contributed by atoms with Crippen molar-refractivity contribution in [3.63, 3.8) is 0 Å². The Bertz CT molecular complexity index is 264. The number of aryl methyl sites for hydroxylation is 1. The fourth-order valence-electron chi connectivity index (χ4n) is 0.773. The Kier molecular flexibility index (Phi) is 2.05. The highest BCUT2D eigenvalue weighted by Crippen LogP contribution is 1.97. The summed E-state index contributed by atoms with van der Waals surface area (Å²) in [7, 11) is 1.81. The Hall–Kier alpha value is -1.16. The number of Topliss-reactive ketones (excluding diaryl/α,β-unsaturated/α-hetero) is 1. The van der Waals surface area contributed by atoms with E-state index in [-0.39, 0.29) is 5.78 Å². The van der Waals surface area contributed by atoms with Crippen molar-refractivity contribution in [2.24, 2.45) is 12.8 Å². The first-order valence-corrected chi connectivity index (χ1v) is 3.39. The maximum absolute atomic E-state index is 11.2. The third-order valence-electron chi connectivity index (χ3n) is 1.37. The SMILES string of the molecule is C[C@H](N)C(=O)c1cn(C)cn1. The molecule has 60 valence electrons. The fourth-order valence-corrected chi connectivity index (χ4v) is 0.773. The molecular formula is C7H11N3O. The second-order valence-electron chi connectivity index (χ2n) is 2.58. The summed E-state index contributed by atoms with van der Waals surface area (Å²) in [5, 5.41) is 0. The minimum Gasteiger partial charge on any atom is -0.340 e. The van der Waals surface area contributed by atoms with Crippen LogP contribution in [0.15, 0.2) is 12.5 Å². The molecule has 0 saturated heterocycles. The molecule has 1 rings (SSSR count). The summed E-state index contributed by atoms with van der Waals surface area (Å²) in [6, 6.07) is -0.468. The number of ketones is 1. The monoisotopic (exact) mass is 153 g/mol. The molecule has 0 aliphatic heterocycles. The molecule has 1 aromatic heterocycles. The summed E-state index contributed by atoms with van der Waals surface area (Å²) in [6.45, 7) is 1.65. The van der Waals surface area contributed by atoms with Gasteiger partial charge in [0.2, 0.25) is 0 Å². The molecule has 1 heterocycles. The van der Waals surface area contributed by atoms with Gasteiger partial charge in [0, 0.05) is 13.2 Å². The standard InChI is InChI=1S/C7H11N3O/c1-5(8)7(11)6-3-10(2)4-9-6/h3-5H,8H2,1-2H3/t5-/m0/s1. The number of hydrogen-bond donors (Lipinski definition) is 1. The minimum atomic E-state index is -0.468. The van der Waals surface area contributed by atoms with Crippen molar-refractivity contribution in [1.29, 1.82) is 0 Å². The quantitative estimate of drug-likeness (QED) is 0.606. The Morgan fingerprint density at radius 1 is 1.82 bits per heavy atom. The molecule has 1 aromatic rings. The first kappa shape index (κ1) is 7.94. The molecule has 0 aliphatic carbocycles. The predicted octanol–water partition coefficient (Wildman–Crippen LogP) is -0.0500. The van der Waals surface area contributed by atoms with Crippen molar-refractivity contribution in [3.8, 4) is 0 Å². The van der Waals surface area contributed by atoms with Crippen LogP contribution in [-0.4, -0.2) is 21.4 Å². The molecule has 2 N–H and O–H groups in total.